The van der Waals surface area contributed by atoms with Crippen molar-refractivity contribution in [2.24, 2.45) is 5.92 Å². The number of halogens is 5. The first-order valence-electron chi connectivity index (χ1n) is 5.60. The van der Waals surface area contributed by atoms with Gasteiger partial charge in [-0.15, -0.1) is 0 Å². The van der Waals surface area contributed by atoms with Crippen LogP contribution in [0.3, 0.4) is 0 Å². The zero-order valence-electron chi connectivity index (χ0n) is 9.84. The summed E-state index contributed by atoms with van der Waals surface area (Å²) in [5.74, 6) is -7.31. The van der Waals surface area contributed by atoms with Gasteiger partial charge in [-0.1, -0.05) is 0 Å². The van der Waals surface area contributed by atoms with Gasteiger partial charge in [0.1, 0.15) is 0 Å². The molecule has 0 amide bonds. The van der Waals surface area contributed by atoms with Crippen LogP contribution in [0.25, 0.3) is 0 Å². The third-order valence-corrected chi connectivity index (χ3v) is 4.74. The van der Waals surface area contributed by atoms with E-state index in [0.29, 0.717) is 0 Å². The highest BCUT2D eigenvalue weighted by molar-refractivity contribution is 7.91. The Morgan fingerprint density at radius 1 is 1.26 bits per heavy atom. The van der Waals surface area contributed by atoms with E-state index in [0.717, 1.165) is 0 Å². The van der Waals surface area contributed by atoms with E-state index < -0.39 is 64.4 Å². The van der Waals surface area contributed by atoms with Crippen molar-refractivity contribution in [1.82, 2.24) is 0 Å². The number of carbonyl (C=O) groups excluding carboxylic acids is 1. The van der Waals surface area contributed by atoms with E-state index in [1.165, 1.54) is 0 Å². The number of hydrogen-bond acceptors (Lipinski definition) is 3. The Hall–Kier alpha value is -0.730. The van der Waals surface area contributed by atoms with Crippen molar-refractivity contribution in [1.29, 1.82) is 0 Å². The fourth-order valence-electron chi connectivity index (χ4n) is 1.89. The average Bonchev–Trinajstić information content (AvgIpc) is 2.20. The molecule has 19 heavy (non-hydrogen) atoms. The lowest BCUT2D eigenvalue weighted by Crippen LogP contribution is -2.38. The van der Waals surface area contributed by atoms with Gasteiger partial charge in [0.15, 0.2) is 9.84 Å². The zero-order valence-corrected chi connectivity index (χ0v) is 10.7. The quantitative estimate of drug-likeness (QED) is 0.749. The summed E-state index contributed by atoms with van der Waals surface area (Å²) in [4.78, 5) is 11.0. The molecule has 3 nitrogen and oxygen atoms in total. The Morgan fingerprint density at radius 3 is 2.32 bits per heavy atom. The number of alkyl halides is 5. The molecule has 1 saturated carbocycles. The van der Waals surface area contributed by atoms with Gasteiger partial charge >= 0.3 is 12.1 Å². The standard InChI is InChI=1S/C10H13F5O3S/c11-9(12)2-1-7(5-8(9)16)6-19(17,18)4-3-10(13,14)15/h7H,1-6H2. The number of sulfone groups is 1. The van der Waals surface area contributed by atoms with Gasteiger partial charge in [-0.2, -0.15) is 22.0 Å². The smallest absolute Gasteiger partial charge is 0.293 e. The largest absolute Gasteiger partial charge is 0.390 e. The Morgan fingerprint density at radius 2 is 1.84 bits per heavy atom. The molecule has 1 rings (SSSR count). The van der Waals surface area contributed by atoms with E-state index in [9.17, 15) is 35.2 Å². The van der Waals surface area contributed by atoms with E-state index in [1.54, 1.807) is 0 Å². The molecule has 1 atom stereocenters. The predicted molar refractivity (Wildman–Crippen MR) is 56.6 cm³/mol. The molecule has 0 bridgehead atoms. The summed E-state index contributed by atoms with van der Waals surface area (Å²) < 4.78 is 84.3. The molecule has 0 aliphatic heterocycles. The molecule has 9 heteroatoms. The van der Waals surface area contributed by atoms with Crippen LogP contribution in [-0.4, -0.2) is 37.8 Å². The first-order chi connectivity index (χ1) is 8.41. The van der Waals surface area contributed by atoms with Crippen LogP contribution in [0.5, 0.6) is 0 Å². The molecule has 0 heterocycles. The molecule has 0 aromatic carbocycles. The van der Waals surface area contributed by atoms with Gasteiger partial charge in [0.25, 0.3) is 0 Å². The first kappa shape index (κ1) is 16.3. The van der Waals surface area contributed by atoms with Crippen molar-refractivity contribution in [2.75, 3.05) is 11.5 Å². The summed E-state index contributed by atoms with van der Waals surface area (Å²) in [7, 11) is -3.99. The number of Topliss-reactive ketones (excluding diaryl/α,β-unsaturated/α-hetero) is 1. The van der Waals surface area contributed by atoms with Crippen LogP contribution in [0.15, 0.2) is 0 Å². The summed E-state index contributed by atoms with van der Waals surface area (Å²) in [5, 5.41) is 0. The maximum absolute atomic E-state index is 12.9. The topological polar surface area (TPSA) is 51.2 Å². The third-order valence-electron chi connectivity index (χ3n) is 2.93. The summed E-state index contributed by atoms with van der Waals surface area (Å²) >= 11 is 0. The second kappa shape index (κ2) is 5.34. The molecule has 112 valence electrons. The number of ketones is 1. The summed E-state index contributed by atoms with van der Waals surface area (Å²) in [6.07, 6.45) is -7.57. The third kappa shape index (κ3) is 5.42. The molecule has 1 aliphatic carbocycles. The molecule has 0 aromatic heterocycles. The maximum atomic E-state index is 12.9. The lowest BCUT2D eigenvalue weighted by Gasteiger charge is -2.26. The second-order valence-corrected chi connectivity index (χ2v) is 6.94. The monoisotopic (exact) mass is 308 g/mol. The van der Waals surface area contributed by atoms with E-state index in [2.05, 4.69) is 0 Å². The summed E-state index contributed by atoms with van der Waals surface area (Å²) in [5.41, 5.74) is 0. The van der Waals surface area contributed by atoms with Crippen LogP contribution < -0.4 is 0 Å². The first-order valence-corrected chi connectivity index (χ1v) is 7.42. The lowest BCUT2D eigenvalue weighted by molar-refractivity contribution is -0.149. The molecule has 0 spiro atoms. The number of carbonyl (C=O) groups is 1. The molecule has 1 unspecified atom stereocenters. The molecule has 1 fully saturated rings. The van der Waals surface area contributed by atoms with Crippen molar-refractivity contribution in [3.8, 4) is 0 Å². The van der Waals surface area contributed by atoms with Gasteiger partial charge in [0.2, 0.25) is 5.78 Å². The second-order valence-electron chi connectivity index (χ2n) is 4.72. The van der Waals surface area contributed by atoms with Crippen LogP contribution in [0, 0.1) is 5.92 Å². The zero-order chi connectivity index (χ0) is 14.9. The fraction of sp³-hybridized carbons (Fsp3) is 0.900. The Balaban J connectivity index is 2.54. The highest BCUT2D eigenvalue weighted by atomic mass is 32.2. The Bertz CT molecular complexity index is 441. The molecule has 0 radical (unpaired) electrons. The van der Waals surface area contributed by atoms with Crippen molar-refractivity contribution < 1.29 is 35.2 Å². The van der Waals surface area contributed by atoms with Crippen molar-refractivity contribution in [3.63, 3.8) is 0 Å². The molecule has 1 aliphatic rings. The SMILES string of the molecule is O=C1CC(CS(=O)(=O)CCC(F)(F)F)CCC1(F)F. The molecule has 0 N–H and O–H groups in total. The molecular formula is C10H13F5O3S. The van der Waals surface area contributed by atoms with Crippen LogP contribution in [0.2, 0.25) is 0 Å². The Kier molecular flexibility index (Phi) is 4.58. The van der Waals surface area contributed by atoms with Gasteiger partial charge in [0, 0.05) is 12.8 Å². The van der Waals surface area contributed by atoms with Crippen LogP contribution >= 0.6 is 0 Å². The van der Waals surface area contributed by atoms with Crippen LogP contribution in [-0.2, 0) is 14.6 Å². The van der Waals surface area contributed by atoms with E-state index in [1.807, 2.05) is 0 Å². The molecule has 0 aromatic rings. The van der Waals surface area contributed by atoms with Gasteiger partial charge in [-0.3, -0.25) is 4.79 Å². The maximum Gasteiger partial charge on any atom is 0.390 e. The van der Waals surface area contributed by atoms with Gasteiger partial charge in [-0.05, 0) is 12.3 Å². The Labute approximate surface area is 107 Å². The van der Waals surface area contributed by atoms with E-state index in [-0.39, 0.29) is 6.42 Å². The lowest BCUT2D eigenvalue weighted by atomic mass is 9.87. The predicted octanol–water partition coefficient (Wildman–Crippen LogP) is 2.36. The van der Waals surface area contributed by atoms with Crippen LogP contribution in [0.1, 0.15) is 25.7 Å². The van der Waals surface area contributed by atoms with Gasteiger partial charge < -0.3 is 0 Å². The summed E-state index contributed by atoms with van der Waals surface area (Å²) in [6.45, 7) is 0. The highest BCUT2D eigenvalue weighted by Crippen LogP contribution is 2.34. The number of hydrogen-bond donors (Lipinski definition) is 0. The summed E-state index contributed by atoms with van der Waals surface area (Å²) in [6, 6.07) is 0. The minimum absolute atomic E-state index is 0.177. The fourth-order valence-corrected chi connectivity index (χ4v) is 3.61. The van der Waals surface area contributed by atoms with Crippen molar-refractivity contribution in [3.05, 3.63) is 0 Å². The van der Waals surface area contributed by atoms with E-state index in [4.69, 9.17) is 0 Å². The average molecular weight is 308 g/mol. The van der Waals surface area contributed by atoms with E-state index >= 15 is 0 Å². The number of rotatable bonds is 4. The van der Waals surface area contributed by atoms with Crippen molar-refractivity contribution >= 4 is 15.6 Å². The molecule has 0 saturated heterocycles. The van der Waals surface area contributed by atoms with Gasteiger partial charge in [-0.25, -0.2) is 8.42 Å². The minimum Gasteiger partial charge on any atom is -0.293 e. The van der Waals surface area contributed by atoms with Crippen LogP contribution in [0.4, 0.5) is 22.0 Å². The highest BCUT2D eigenvalue weighted by Gasteiger charge is 2.44. The normalized spacial score (nSPS) is 24.5. The molecular weight excluding hydrogens is 295 g/mol. The van der Waals surface area contributed by atoms with Gasteiger partial charge in [0.05, 0.1) is 17.9 Å². The minimum atomic E-state index is -4.58. The van der Waals surface area contributed by atoms with Crippen molar-refractivity contribution in [2.45, 2.75) is 37.8 Å².